The number of methoxy groups -OCH3 is 1. The summed E-state index contributed by atoms with van der Waals surface area (Å²) in [4.78, 5) is 36.1. The summed E-state index contributed by atoms with van der Waals surface area (Å²) in [6.07, 6.45) is 10.2. The van der Waals surface area contributed by atoms with E-state index < -0.39 is 17.7 Å². The molecule has 0 radical (unpaired) electrons. The van der Waals surface area contributed by atoms with Crippen LogP contribution in [-0.2, 0) is 20.9 Å². The summed E-state index contributed by atoms with van der Waals surface area (Å²) in [6, 6.07) is 8.06. The van der Waals surface area contributed by atoms with Crippen LogP contribution in [0.25, 0.3) is 22.4 Å². The number of nitrogens with one attached hydrogen (secondary N) is 3. The monoisotopic (exact) mass is 617 g/mol. The minimum absolute atomic E-state index is 0.0996. The minimum Gasteiger partial charge on any atom is -0.385 e. The Balaban J connectivity index is 1.26. The van der Waals surface area contributed by atoms with Crippen LogP contribution in [0, 0.1) is 29.4 Å². The van der Waals surface area contributed by atoms with Gasteiger partial charge in [-0.15, -0.1) is 0 Å². The van der Waals surface area contributed by atoms with Crippen LogP contribution < -0.4 is 16.0 Å². The van der Waals surface area contributed by atoms with Gasteiger partial charge in [-0.1, -0.05) is 12.1 Å². The van der Waals surface area contributed by atoms with Crippen molar-refractivity contribution in [1.29, 1.82) is 0 Å². The fourth-order valence-corrected chi connectivity index (χ4v) is 6.99. The van der Waals surface area contributed by atoms with E-state index in [-0.39, 0.29) is 23.6 Å². The van der Waals surface area contributed by atoms with Gasteiger partial charge >= 0.3 is 0 Å². The standard InChI is InChI=1S/C33H37F2N7O3/c1-19(38-18-43)33(44)39-24-9-3-20(4-10-24)16-42-17-27(26-13-23(34)14-37-32(26)42)30-36-15-28(35)31(41-30)40-29-22-7-5-21(6-8-22)25(29)11-12-45-2/h3-4,9-10,13-15,17-19,21-22,25,29H,5-8,11-12,16H2,1-2H3,(H,38,43)(H,39,44)(H,36,40,41)/t19-,21?,22?,25-,29-/m0/s1. The summed E-state index contributed by atoms with van der Waals surface area (Å²) in [6.45, 7) is 2.65. The molecule has 45 heavy (non-hydrogen) atoms. The first-order valence-electron chi connectivity index (χ1n) is 15.4. The third kappa shape index (κ3) is 6.51. The Kier molecular flexibility index (Phi) is 9.02. The molecule has 3 N–H and O–H groups in total. The second-order valence-corrected chi connectivity index (χ2v) is 12.1. The van der Waals surface area contributed by atoms with Gasteiger partial charge in [0, 0.05) is 49.1 Å². The number of nitrogens with zero attached hydrogens (tertiary/aromatic N) is 4. The van der Waals surface area contributed by atoms with Crippen LogP contribution in [0.3, 0.4) is 0 Å². The first-order valence-corrected chi connectivity index (χ1v) is 15.4. The molecular formula is C33H37F2N7O3. The molecule has 3 heterocycles. The molecule has 0 unspecified atom stereocenters. The summed E-state index contributed by atoms with van der Waals surface area (Å²) >= 11 is 0. The SMILES string of the molecule is COCC[C@H]1C2CCC(CC2)[C@@H]1Nc1nc(-c2cn(Cc3ccc(NC(=O)[C@H](C)NC=O)cc3)c3ncc(F)cc23)ncc1F. The van der Waals surface area contributed by atoms with Crippen LogP contribution in [0.4, 0.5) is 20.3 Å². The van der Waals surface area contributed by atoms with Crippen molar-refractivity contribution in [1.82, 2.24) is 24.8 Å². The molecule has 0 saturated heterocycles. The molecule has 0 aliphatic heterocycles. The molecule has 10 nitrogen and oxygen atoms in total. The lowest BCUT2D eigenvalue weighted by Crippen LogP contribution is -2.48. The number of rotatable bonds is 12. The maximum atomic E-state index is 15.2. The van der Waals surface area contributed by atoms with E-state index in [1.807, 2.05) is 16.7 Å². The highest BCUT2D eigenvalue weighted by molar-refractivity contribution is 5.95. The molecule has 3 atom stereocenters. The lowest BCUT2D eigenvalue weighted by Gasteiger charge is -2.49. The number of carbonyl (C=O) groups is 2. The normalized spacial score (nSPS) is 21.4. The predicted octanol–water partition coefficient (Wildman–Crippen LogP) is 5.15. The first-order chi connectivity index (χ1) is 21.8. The summed E-state index contributed by atoms with van der Waals surface area (Å²) < 4.78 is 36.9. The van der Waals surface area contributed by atoms with Gasteiger partial charge in [0.15, 0.2) is 17.5 Å². The van der Waals surface area contributed by atoms with Crippen molar-refractivity contribution in [3.63, 3.8) is 0 Å². The third-order valence-electron chi connectivity index (χ3n) is 9.30. The first kappa shape index (κ1) is 30.6. The van der Waals surface area contributed by atoms with E-state index in [1.54, 1.807) is 32.4 Å². The summed E-state index contributed by atoms with van der Waals surface area (Å²) in [7, 11) is 1.71. The van der Waals surface area contributed by atoms with Gasteiger partial charge in [0.05, 0.1) is 12.4 Å². The number of hydrogen-bond donors (Lipinski definition) is 3. The predicted molar refractivity (Wildman–Crippen MR) is 166 cm³/mol. The van der Waals surface area contributed by atoms with Crippen LogP contribution in [0.2, 0.25) is 0 Å². The topological polar surface area (TPSA) is 123 Å². The molecule has 12 heteroatoms. The molecule has 3 aliphatic rings. The second kappa shape index (κ2) is 13.3. The van der Waals surface area contributed by atoms with E-state index in [2.05, 4.69) is 30.9 Å². The quantitative estimate of drug-likeness (QED) is 0.188. The number of pyridine rings is 1. The van der Waals surface area contributed by atoms with Crippen molar-refractivity contribution in [3.05, 3.63) is 66.1 Å². The number of halogens is 2. The van der Waals surface area contributed by atoms with Gasteiger partial charge in [-0.2, -0.15) is 0 Å². The third-order valence-corrected chi connectivity index (χ3v) is 9.30. The number of ether oxygens (including phenoxy) is 1. The lowest BCUT2D eigenvalue weighted by atomic mass is 9.61. The largest absolute Gasteiger partial charge is 0.385 e. The van der Waals surface area contributed by atoms with Crippen LogP contribution in [0.1, 0.15) is 44.6 Å². The Morgan fingerprint density at radius 2 is 1.87 bits per heavy atom. The molecule has 4 aromatic rings. The highest BCUT2D eigenvalue weighted by atomic mass is 19.1. The zero-order valence-corrected chi connectivity index (χ0v) is 25.3. The number of carbonyl (C=O) groups excluding carboxylic acids is 2. The maximum Gasteiger partial charge on any atom is 0.246 e. The molecular weight excluding hydrogens is 580 g/mol. The van der Waals surface area contributed by atoms with Gasteiger partial charge in [0.2, 0.25) is 12.3 Å². The van der Waals surface area contributed by atoms with E-state index in [9.17, 15) is 14.0 Å². The number of aromatic nitrogens is 4. The number of amides is 2. The van der Waals surface area contributed by atoms with Gasteiger partial charge in [0.1, 0.15) is 17.5 Å². The second-order valence-electron chi connectivity index (χ2n) is 12.1. The van der Waals surface area contributed by atoms with E-state index in [0.29, 0.717) is 59.6 Å². The van der Waals surface area contributed by atoms with Gasteiger partial charge < -0.3 is 25.3 Å². The lowest BCUT2D eigenvalue weighted by molar-refractivity contribution is -0.120. The van der Waals surface area contributed by atoms with Crippen molar-refractivity contribution in [2.24, 2.45) is 17.8 Å². The molecule has 3 saturated carbocycles. The summed E-state index contributed by atoms with van der Waals surface area (Å²) in [5.74, 6) is 0.490. The molecule has 7 rings (SSSR count). The highest BCUT2D eigenvalue weighted by Crippen LogP contribution is 2.47. The van der Waals surface area contributed by atoms with Crippen LogP contribution in [0.15, 0.2) is 48.9 Å². The molecule has 2 bridgehead atoms. The number of anilines is 2. The van der Waals surface area contributed by atoms with Crippen LogP contribution >= 0.6 is 0 Å². The molecule has 1 aromatic carbocycles. The van der Waals surface area contributed by atoms with Crippen LogP contribution in [0.5, 0.6) is 0 Å². The van der Waals surface area contributed by atoms with Crippen molar-refractivity contribution in [2.75, 3.05) is 24.4 Å². The maximum absolute atomic E-state index is 15.2. The van der Waals surface area contributed by atoms with Gasteiger partial charge in [-0.05, 0) is 80.5 Å². The van der Waals surface area contributed by atoms with E-state index in [4.69, 9.17) is 4.74 Å². The number of hydrogen-bond acceptors (Lipinski definition) is 7. The molecule has 2 amide bonds. The average molecular weight is 618 g/mol. The number of fused-ring (bicyclic) bond motifs is 4. The number of benzene rings is 1. The zero-order valence-electron chi connectivity index (χ0n) is 25.3. The van der Waals surface area contributed by atoms with Gasteiger partial charge in [-0.3, -0.25) is 9.59 Å². The Morgan fingerprint density at radius 3 is 2.60 bits per heavy atom. The average Bonchev–Trinajstić information content (AvgIpc) is 3.40. The Labute approximate surface area is 260 Å². The Hall–Kier alpha value is -4.45. The van der Waals surface area contributed by atoms with Crippen molar-refractivity contribution in [3.8, 4) is 11.4 Å². The molecule has 0 spiro atoms. The van der Waals surface area contributed by atoms with E-state index in [0.717, 1.165) is 31.0 Å². The van der Waals surface area contributed by atoms with Crippen molar-refractivity contribution in [2.45, 2.75) is 57.7 Å². The molecule has 3 aromatic heterocycles. The molecule has 3 fully saturated rings. The summed E-state index contributed by atoms with van der Waals surface area (Å²) in [5, 5.41) is 9.15. The Bertz CT molecular complexity index is 1670. The smallest absolute Gasteiger partial charge is 0.246 e. The van der Waals surface area contributed by atoms with E-state index in [1.165, 1.54) is 25.1 Å². The highest BCUT2D eigenvalue weighted by Gasteiger charge is 2.43. The van der Waals surface area contributed by atoms with E-state index >= 15 is 4.39 Å². The van der Waals surface area contributed by atoms with Crippen LogP contribution in [-0.4, -0.2) is 57.6 Å². The molecule has 3 aliphatic carbocycles. The fourth-order valence-electron chi connectivity index (χ4n) is 6.99. The zero-order chi connectivity index (χ0) is 31.5. The van der Waals surface area contributed by atoms with Crippen molar-refractivity contribution >= 4 is 34.9 Å². The van der Waals surface area contributed by atoms with Crippen molar-refractivity contribution < 1.29 is 23.1 Å². The molecule has 236 valence electrons. The van der Waals surface area contributed by atoms with Gasteiger partial charge in [0.25, 0.3) is 0 Å². The summed E-state index contributed by atoms with van der Waals surface area (Å²) in [5.41, 5.74) is 2.56. The fraction of sp³-hybridized carbons (Fsp3) is 0.424. The minimum atomic E-state index is -0.669. The van der Waals surface area contributed by atoms with Gasteiger partial charge in [-0.25, -0.2) is 23.7 Å². The Morgan fingerprint density at radius 1 is 1.11 bits per heavy atom.